The van der Waals surface area contributed by atoms with Gasteiger partial charge < -0.3 is 20.3 Å². The zero-order valence-electron chi connectivity index (χ0n) is 10.3. The van der Waals surface area contributed by atoms with E-state index in [4.69, 9.17) is 20.3 Å². The molecule has 2 rings (SSSR count). The molecule has 1 aliphatic heterocycles. The Balaban J connectivity index is 2.23. The number of carboxylic acid groups (broad SMARTS) is 1. The van der Waals surface area contributed by atoms with Gasteiger partial charge in [-0.2, -0.15) is 0 Å². The van der Waals surface area contributed by atoms with Crippen LogP contribution in [0.3, 0.4) is 0 Å². The zero-order chi connectivity index (χ0) is 13.1. The minimum Gasteiger partial charge on any atom is -0.481 e. The van der Waals surface area contributed by atoms with Crippen LogP contribution >= 0.6 is 0 Å². The molecule has 0 amide bonds. The molecule has 3 N–H and O–H groups in total. The Morgan fingerprint density at radius 1 is 1.44 bits per heavy atom. The molecule has 0 spiro atoms. The topological polar surface area (TPSA) is 81.8 Å². The predicted molar refractivity (Wildman–Crippen MR) is 65.7 cm³/mol. The van der Waals surface area contributed by atoms with Crippen LogP contribution in [-0.2, 0) is 11.2 Å². The molecule has 98 valence electrons. The van der Waals surface area contributed by atoms with Crippen molar-refractivity contribution in [2.45, 2.75) is 32.2 Å². The lowest BCUT2D eigenvalue weighted by Gasteiger charge is -2.16. The van der Waals surface area contributed by atoms with Gasteiger partial charge in [0, 0.05) is 12.5 Å². The van der Waals surface area contributed by atoms with Gasteiger partial charge >= 0.3 is 5.97 Å². The smallest absolute Gasteiger partial charge is 0.303 e. The normalized spacial score (nSPS) is 14.6. The fraction of sp³-hybridized carbons (Fsp3) is 0.462. The molecule has 0 saturated carbocycles. The second-order valence-corrected chi connectivity index (χ2v) is 4.30. The Morgan fingerprint density at radius 3 is 2.72 bits per heavy atom. The summed E-state index contributed by atoms with van der Waals surface area (Å²) >= 11 is 0. The van der Waals surface area contributed by atoms with Crippen molar-refractivity contribution >= 4 is 5.97 Å². The van der Waals surface area contributed by atoms with E-state index in [0.29, 0.717) is 12.2 Å². The average molecular weight is 251 g/mol. The molecule has 1 aromatic rings. The third-order valence-corrected chi connectivity index (χ3v) is 3.08. The number of hydrogen-bond donors (Lipinski definition) is 2. The van der Waals surface area contributed by atoms with E-state index in [1.54, 1.807) is 0 Å². The van der Waals surface area contributed by atoms with Crippen LogP contribution in [0, 0.1) is 0 Å². The highest BCUT2D eigenvalue weighted by Gasteiger charge is 2.20. The van der Waals surface area contributed by atoms with Gasteiger partial charge in [0.15, 0.2) is 11.5 Å². The van der Waals surface area contributed by atoms with Gasteiger partial charge in [-0.25, -0.2) is 0 Å². The van der Waals surface area contributed by atoms with Gasteiger partial charge in [-0.1, -0.05) is 6.92 Å². The van der Waals surface area contributed by atoms with Gasteiger partial charge in [-0.3, -0.25) is 4.79 Å². The third-order valence-electron chi connectivity index (χ3n) is 3.08. The molecule has 5 heteroatoms. The summed E-state index contributed by atoms with van der Waals surface area (Å²) < 4.78 is 10.6. The standard InChI is InChI=1S/C13H17NO4/c1-2-8-5-11-12(18-7-17-11)6-9(8)10(14)3-4-13(15)16/h5-6,10H,2-4,7,14H2,1H3,(H,15,16). The molecule has 0 bridgehead atoms. The minimum absolute atomic E-state index is 0.0682. The Labute approximate surface area is 106 Å². The molecule has 0 aromatic heterocycles. The van der Waals surface area contributed by atoms with E-state index < -0.39 is 5.97 Å². The highest BCUT2D eigenvalue weighted by molar-refractivity contribution is 5.66. The van der Waals surface area contributed by atoms with Crippen molar-refractivity contribution in [3.8, 4) is 11.5 Å². The average Bonchev–Trinajstić information content (AvgIpc) is 2.81. The van der Waals surface area contributed by atoms with Crippen LogP contribution in [-0.4, -0.2) is 17.9 Å². The van der Waals surface area contributed by atoms with Crippen LogP contribution in [0.15, 0.2) is 12.1 Å². The van der Waals surface area contributed by atoms with E-state index in [0.717, 1.165) is 23.3 Å². The summed E-state index contributed by atoms with van der Waals surface area (Å²) in [5.74, 6) is 0.596. The number of benzene rings is 1. The number of carbonyl (C=O) groups is 1. The van der Waals surface area contributed by atoms with E-state index in [2.05, 4.69) is 0 Å². The van der Waals surface area contributed by atoms with Crippen molar-refractivity contribution in [2.24, 2.45) is 5.73 Å². The number of rotatable bonds is 5. The number of fused-ring (bicyclic) bond motifs is 1. The van der Waals surface area contributed by atoms with Crippen molar-refractivity contribution in [3.63, 3.8) is 0 Å². The number of aryl methyl sites for hydroxylation is 1. The van der Waals surface area contributed by atoms with E-state index in [1.807, 2.05) is 19.1 Å². The summed E-state index contributed by atoms with van der Waals surface area (Å²) in [6.45, 7) is 2.26. The number of carboxylic acids is 1. The molecule has 1 atom stereocenters. The fourth-order valence-corrected chi connectivity index (χ4v) is 2.09. The van der Waals surface area contributed by atoms with Crippen LogP contribution in [0.4, 0.5) is 0 Å². The minimum atomic E-state index is -0.829. The van der Waals surface area contributed by atoms with Crippen LogP contribution in [0.25, 0.3) is 0 Å². The van der Waals surface area contributed by atoms with Crippen molar-refractivity contribution < 1.29 is 19.4 Å². The van der Waals surface area contributed by atoms with E-state index in [1.165, 1.54) is 0 Å². The summed E-state index contributed by atoms with van der Waals surface area (Å²) in [5, 5.41) is 8.69. The summed E-state index contributed by atoms with van der Waals surface area (Å²) in [7, 11) is 0. The lowest BCUT2D eigenvalue weighted by Crippen LogP contribution is -2.14. The maximum Gasteiger partial charge on any atom is 0.303 e. The van der Waals surface area contributed by atoms with E-state index >= 15 is 0 Å². The largest absolute Gasteiger partial charge is 0.481 e. The zero-order valence-corrected chi connectivity index (χ0v) is 10.3. The van der Waals surface area contributed by atoms with Crippen LogP contribution in [0.5, 0.6) is 11.5 Å². The highest BCUT2D eigenvalue weighted by Crippen LogP contribution is 2.37. The molecule has 5 nitrogen and oxygen atoms in total. The number of nitrogens with two attached hydrogens (primary N) is 1. The molecule has 0 saturated heterocycles. The van der Waals surface area contributed by atoms with Crippen molar-refractivity contribution in [1.82, 2.24) is 0 Å². The number of ether oxygens (including phenoxy) is 2. The first-order chi connectivity index (χ1) is 8.61. The summed E-state index contributed by atoms with van der Waals surface area (Å²) in [5.41, 5.74) is 8.08. The quantitative estimate of drug-likeness (QED) is 0.834. The van der Waals surface area contributed by atoms with E-state index in [-0.39, 0.29) is 19.3 Å². The Morgan fingerprint density at radius 2 is 2.11 bits per heavy atom. The Kier molecular flexibility index (Phi) is 3.72. The predicted octanol–water partition coefficient (Wildman–Crippen LogP) is 1.84. The van der Waals surface area contributed by atoms with Gasteiger partial charge in [0.1, 0.15) is 0 Å². The molecule has 1 aliphatic rings. The first-order valence-corrected chi connectivity index (χ1v) is 6.01. The molecule has 0 aliphatic carbocycles. The van der Waals surface area contributed by atoms with Gasteiger partial charge in [0.05, 0.1) is 0 Å². The molecular weight excluding hydrogens is 234 g/mol. The van der Waals surface area contributed by atoms with Gasteiger partial charge in [0.25, 0.3) is 0 Å². The molecule has 0 radical (unpaired) electrons. The second kappa shape index (κ2) is 5.27. The molecule has 18 heavy (non-hydrogen) atoms. The maximum atomic E-state index is 10.6. The summed E-state index contributed by atoms with van der Waals surface area (Å²) in [6, 6.07) is 3.51. The lowest BCUT2D eigenvalue weighted by atomic mass is 9.95. The summed E-state index contributed by atoms with van der Waals surface area (Å²) in [6.07, 6.45) is 1.31. The van der Waals surface area contributed by atoms with Gasteiger partial charge in [0.2, 0.25) is 6.79 Å². The third kappa shape index (κ3) is 2.56. The molecule has 1 heterocycles. The van der Waals surface area contributed by atoms with Crippen molar-refractivity contribution in [1.29, 1.82) is 0 Å². The monoisotopic (exact) mass is 251 g/mol. The van der Waals surface area contributed by atoms with Crippen LogP contribution in [0.1, 0.15) is 36.9 Å². The Hall–Kier alpha value is -1.75. The molecular formula is C13H17NO4. The van der Waals surface area contributed by atoms with Crippen LogP contribution in [0.2, 0.25) is 0 Å². The second-order valence-electron chi connectivity index (χ2n) is 4.30. The summed E-state index contributed by atoms with van der Waals surface area (Å²) in [4.78, 5) is 10.6. The van der Waals surface area contributed by atoms with Crippen LogP contribution < -0.4 is 15.2 Å². The Bertz CT molecular complexity index is 459. The van der Waals surface area contributed by atoms with Gasteiger partial charge in [-0.15, -0.1) is 0 Å². The maximum absolute atomic E-state index is 10.6. The van der Waals surface area contributed by atoms with Crippen molar-refractivity contribution in [2.75, 3.05) is 6.79 Å². The van der Waals surface area contributed by atoms with E-state index in [9.17, 15) is 4.79 Å². The first-order valence-electron chi connectivity index (χ1n) is 6.01. The SMILES string of the molecule is CCc1cc2c(cc1C(N)CCC(=O)O)OCO2. The molecule has 0 fully saturated rings. The fourth-order valence-electron chi connectivity index (χ4n) is 2.09. The van der Waals surface area contributed by atoms with Crippen molar-refractivity contribution in [3.05, 3.63) is 23.3 Å². The van der Waals surface area contributed by atoms with Gasteiger partial charge in [-0.05, 0) is 36.1 Å². The number of hydrogen-bond acceptors (Lipinski definition) is 4. The first kappa shape index (κ1) is 12.7. The highest BCUT2D eigenvalue weighted by atomic mass is 16.7. The number of aliphatic carboxylic acids is 1. The lowest BCUT2D eigenvalue weighted by molar-refractivity contribution is -0.137. The molecule has 1 aromatic carbocycles. The molecule has 1 unspecified atom stereocenters.